The lowest BCUT2D eigenvalue weighted by Crippen LogP contribution is -2.21. The Labute approximate surface area is 111 Å². The van der Waals surface area contributed by atoms with E-state index in [0.717, 1.165) is 5.56 Å². The third-order valence-electron chi connectivity index (χ3n) is 2.37. The molecule has 1 rings (SSSR count). The number of hydrogen-bond acceptors (Lipinski definition) is 4. The zero-order chi connectivity index (χ0) is 13.5. The fourth-order valence-corrected chi connectivity index (χ4v) is 1.83. The van der Waals surface area contributed by atoms with E-state index in [-0.39, 0.29) is 5.91 Å². The minimum atomic E-state index is -0.326. The number of carbonyl (C=O) groups excluding carboxylic acids is 1. The van der Waals surface area contributed by atoms with Gasteiger partial charge in [0.05, 0.1) is 19.2 Å². The quantitative estimate of drug-likeness (QED) is 0.734. The van der Waals surface area contributed by atoms with Gasteiger partial charge >= 0.3 is 0 Å². The number of methoxy groups -OCH3 is 2. The Bertz CT molecular complexity index is 424. The van der Waals surface area contributed by atoms with Crippen molar-refractivity contribution in [1.82, 2.24) is 5.32 Å². The van der Waals surface area contributed by atoms with Gasteiger partial charge in [-0.3, -0.25) is 4.79 Å². The Morgan fingerprint density at radius 2 is 2.11 bits per heavy atom. The summed E-state index contributed by atoms with van der Waals surface area (Å²) in [5.41, 5.74) is 5.99. The molecule has 0 fully saturated rings. The van der Waals surface area contributed by atoms with Gasteiger partial charge in [-0.15, -0.1) is 0 Å². The van der Waals surface area contributed by atoms with Crippen LogP contribution in [0.25, 0.3) is 0 Å². The summed E-state index contributed by atoms with van der Waals surface area (Å²) in [6, 6.07) is 3.63. The van der Waals surface area contributed by atoms with Crippen LogP contribution in [0.4, 0.5) is 0 Å². The Balaban J connectivity index is 2.67. The van der Waals surface area contributed by atoms with Gasteiger partial charge in [0.1, 0.15) is 0 Å². The molecule has 5 nitrogen and oxygen atoms in total. The number of amides is 1. The van der Waals surface area contributed by atoms with Crippen LogP contribution in [0.15, 0.2) is 12.1 Å². The van der Waals surface area contributed by atoms with Crippen LogP contribution in [0.1, 0.15) is 12.0 Å². The number of carbonyl (C=O) groups is 1. The number of nitrogens with one attached hydrogen (secondary N) is 1. The molecule has 0 bridgehead atoms. The molecule has 0 aliphatic heterocycles. The summed E-state index contributed by atoms with van der Waals surface area (Å²) in [5, 5.41) is 3.58. The molecule has 0 radical (unpaired) electrons. The summed E-state index contributed by atoms with van der Waals surface area (Å²) < 4.78 is 10.3. The van der Waals surface area contributed by atoms with E-state index in [9.17, 15) is 4.79 Å². The van der Waals surface area contributed by atoms with Gasteiger partial charge in [-0.1, -0.05) is 11.6 Å². The molecule has 6 heteroatoms. The first-order valence-electron chi connectivity index (χ1n) is 5.48. The monoisotopic (exact) mass is 272 g/mol. The molecule has 0 aliphatic rings. The van der Waals surface area contributed by atoms with Crippen LogP contribution in [-0.2, 0) is 11.3 Å². The van der Waals surface area contributed by atoms with E-state index in [1.807, 2.05) is 6.07 Å². The molecule has 0 atom stereocenters. The van der Waals surface area contributed by atoms with Crippen molar-refractivity contribution in [2.75, 3.05) is 20.8 Å². The first-order chi connectivity index (χ1) is 8.58. The van der Waals surface area contributed by atoms with E-state index < -0.39 is 0 Å². The maximum absolute atomic E-state index is 10.6. The van der Waals surface area contributed by atoms with Gasteiger partial charge in [0.15, 0.2) is 11.5 Å². The van der Waals surface area contributed by atoms with Crippen molar-refractivity contribution in [1.29, 1.82) is 0 Å². The van der Waals surface area contributed by atoms with Crippen LogP contribution in [0.3, 0.4) is 0 Å². The molecule has 1 aromatic rings. The van der Waals surface area contributed by atoms with Crippen molar-refractivity contribution in [3.8, 4) is 11.5 Å². The average Bonchev–Trinajstić information content (AvgIpc) is 2.33. The largest absolute Gasteiger partial charge is 0.493 e. The van der Waals surface area contributed by atoms with E-state index in [1.165, 1.54) is 7.11 Å². The minimum Gasteiger partial charge on any atom is -0.493 e. The van der Waals surface area contributed by atoms with Gasteiger partial charge in [0.25, 0.3) is 0 Å². The maximum atomic E-state index is 10.6. The fraction of sp³-hybridized carbons (Fsp3) is 0.417. The minimum absolute atomic E-state index is 0.307. The van der Waals surface area contributed by atoms with Crippen molar-refractivity contribution in [2.45, 2.75) is 13.0 Å². The highest BCUT2D eigenvalue weighted by Crippen LogP contribution is 2.35. The smallest absolute Gasteiger partial charge is 0.218 e. The van der Waals surface area contributed by atoms with E-state index >= 15 is 0 Å². The van der Waals surface area contributed by atoms with Crippen LogP contribution in [-0.4, -0.2) is 26.7 Å². The van der Waals surface area contributed by atoms with Crippen LogP contribution in [0.5, 0.6) is 11.5 Å². The number of rotatable bonds is 7. The Kier molecular flexibility index (Phi) is 5.74. The third kappa shape index (κ3) is 4.09. The highest BCUT2D eigenvalue weighted by atomic mass is 35.5. The number of primary amides is 1. The van der Waals surface area contributed by atoms with E-state index in [0.29, 0.717) is 36.0 Å². The van der Waals surface area contributed by atoms with Crippen LogP contribution in [0, 0.1) is 0 Å². The molecule has 0 unspecified atom stereocenters. The molecular weight excluding hydrogens is 256 g/mol. The second-order valence-corrected chi connectivity index (χ2v) is 4.11. The molecule has 0 saturated heterocycles. The second kappa shape index (κ2) is 7.08. The molecule has 1 amide bonds. The normalized spacial score (nSPS) is 10.2. The van der Waals surface area contributed by atoms with Gasteiger partial charge in [-0.2, -0.15) is 0 Å². The highest BCUT2D eigenvalue weighted by Gasteiger charge is 2.10. The zero-order valence-corrected chi connectivity index (χ0v) is 11.2. The van der Waals surface area contributed by atoms with E-state index in [4.69, 9.17) is 26.8 Å². The molecule has 3 N–H and O–H groups in total. The summed E-state index contributed by atoms with van der Waals surface area (Å²) in [5.74, 6) is 0.768. The number of ether oxygens (including phenoxy) is 2. The van der Waals surface area contributed by atoms with Gasteiger partial charge in [0, 0.05) is 19.5 Å². The van der Waals surface area contributed by atoms with Crippen molar-refractivity contribution in [3.05, 3.63) is 22.7 Å². The molecule has 100 valence electrons. The molecule has 0 spiro atoms. The molecular formula is C12H17ClN2O3. The predicted octanol–water partition coefficient (Wildman–Crippen LogP) is 1.32. The highest BCUT2D eigenvalue weighted by molar-refractivity contribution is 6.32. The average molecular weight is 273 g/mol. The number of benzene rings is 1. The van der Waals surface area contributed by atoms with Gasteiger partial charge in [0.2, 0.25) is 5.91 Å². The lowest BCUT2D eigenvalue weighted by Gasteiger charge is -2.12. The van der Waals surface area contributed by atoms with Crippen molar-refractivity contribution in [3.63, 3.8) is 0 Å². The van der Waals surface area contributed by atoms with Gasteiger partial charge in [-0.05, 0) is 17.7 Å². The molecule has 0 heterocycles. The first kappa shape index (κ1) is 14.6. The molecule has 0 aromatic heterocycles. The maximum Gasteiger partial charge on any atom is 0.218 e. The van der Waals surface area contributed by atoms with Crippen molar-refractivity contribution < 1.29 is 14.3 Å². The summed E-state index contributed by atoms with van der Waals surface area (Å²) >= 11 is 6.07. The summed E-state index contributed by atoms with van der Waals surface area (Å²) in [4.78, 5) is 10.6. The van der Waals surface area contributed by atoms with Gasteiger partial charge < -0.3 is 20.5 Å². The Hall–Kier alpha value is -1.46. The van der Waals surface area contributed by atoms with Crippen molar-refractivity contribution in [2.24, 2.45) is 5.73 Å². The zero-order valence-electron chi connectivity index (χ0n) is 10.5. The number of nitrogens with two attached hydrogens (primary N) is 1. The molecule has 0 saturated carbocycles. The lowest BCUT2D eigenvalue weighted by atomic mass is 10.2. The topological polar surface area (TPSA) is 73.6 Å². The Morgan fingerprint density at radius 3 is 2.67 bits per heavy atom. The molecule has 0 aliphatic carbocycles. The number of hydrogen-bond donors (Lipinski definition) is 2. The standard InChI is InChI=1S/C12H17ClN2O3/c1-17-10-6-8(5-9(13)12(10)18-2)7-15-4-3-11(14)16/h5-6,15H,3-4,7H2,1-2H3,(H2,14,16). The van der Waals surface area contributed by atoms with Crippen LogP contribution >= 0.6 is 11.6 Å². The molecule has 1 aromatic carbocycles. The van der Waals surface area contributed by atoms with Crippen LogP contribution < -0.4 is 20.5 Å². The van der Waals surface area contributed by atoms with Gasteiger partial charge in [-0.25, -0.2) is 0 Å². The molecule has 18 heavy (non-hydrogen) atoms. The lowest BCUT2D eigenvalue weighted by molar-refractivity contribution is -0.117. The SMILES string of the molecule is COc1cc(CNCCC(N)=O)cc(Cl)c1OC. The summed E-state index contributed by atoms with van der Waals surface area (Å²) in [6.07, 6.45) is 0.307. The van der Waals surface area contributed by atoms with Crippen LogP contribution in [0.2, 0.25) is 5.02 Å². The van der Waals surface area contributed by atoms with Crippen molar-refractivity contribution >= 4 is 17.5 Å². The predicted molar refractivity (Wildman–Crippen MR) is 70.1 cm³/mol. The van der Waals surface area contributed by atoms with E-state index in [1.54, 1.807) is 13.2 Å². The third-order valence-corrected chi connectivity index (χ3v) is 2.65. The Morgan fingerprint density at radius 1 is 1.39 bits per heavy atom. The van der Waals surface area contributed by atoms with E-state index in [2.05, 4.69) is 5.32 Å². The summed E-state index contributed by atoms with van der Waals surface area (Å²) in [6.45, 7) is 1.11. The first-order valence-corrected chi connectivity index (χ1v) is 5.85. The number of halogens is 1. The second-order valence-electron chi connectivity index (χ2n) is 3.71. The fourth-order valence-electron chi connectivity index (χ4n) is 1.52. The summed E-state index contributed by atoms with van der Waals surface area (Å²) in [7, 11) is 3.09.